The number of nitro benzene ring substituents is 1. The number of hydrogen-bond donors (Lipinski definition) is 0. The third-order valence-corrected chi connectivity index (χ3v) is 5.85. The van der Waals surface area contributed by atoms with Gasteiger partial charge in [-0.25, -0.2) is 4.90 Å². The van der Waals surface area contributed by atoms with Crippen molar-refractivity contribution in [2.24, 2.45) is 4.99 Å². The molecule has 1 aliphatic rings. The third kappa shape index (κ3) is 3.28. The Morgan fingerprint density at radius 3 is 2.61 bits per heavy atom. The van der Waals surface area contributed by atoms with Crippen molar-refractivity contribution in [3.05, 3.63) is 103 Å². The van der Waals surface area contributed by atoms with Crippen LogP contribution in [0.1, 0.15) is 21.5 Å². The van der Waals surface area contributed by atoms with Gasteiger partial charge >= 0.3 is 0 Å². The molecule has 0 aliphatic carbocycles. The minimum atomic E-state index is -0.555. The first kappa shape index (κ1) is 20.6. The molecule has 0 spiro atoms. The van der Waals surface area contributed by atoms with Crippen molar-refractivity contribution in [3.8, 4) is 0 Å². The Morgan fingerprint density at radius 1 is 1.12 bits per heavy atom. The van der Waals surface area contributed by atoms with Crippen molar-refractivity contribution in [3.63, 3.8) is 0 Å². The summed E-state index contributed by atoms with van der Waals surface area (Å²) in [5.74, 6) is -0.509. The number of carbonyl (C=O) groups excluding carboxylic acids is 1. The van der Waals surface area contributed by atoms with Gasteiger partial charge in [0, 0.05) is 28.9 Å². The van der Waals surface area contributed by atoms with Gasteiger partial charge in [0.2, 0.25) is 11.3 Å². The normalized spacial score (nSPS) is 12.2. The Kier molecular flexibility index (Phi) is 4.79. The van der Waals surface area contributed by atoms with Crippen LogP contribution in [0.3, 0.4) is 0 Å². The smallest absolute Gasteiger partial charge is 0.271 e. The first-order valence-electron chi connectivity index (χ1n) is 9.84. The van der Waals surface area contributed by atoms with Crippen LogP contribution in [0.4, 0.5) is 22.9 Å². The number of amides is 1. The van der Waals surface area contributed by atoms with E-state index >= 15 is 0 Å². The lowest BCUT2D eigenvalue weighted by Crippen LogP contribution is -2.28. The minimum absolute atomic E-state index is 0.0283. The van der Waals surface area contributed by atoms with E-state index in [9.17, 15) is 19.7 Å². The SMILES string of the molecule is Cc1c(Cl)ccc2oc3c(c(=O)c12)C=Nc1cc([N+](=O)[O-])ccc1N3C(=O)c1ccccc1. The predicted molar refractivity (Wildman–Crippen MR) is 125 cm³/mol. The first-order valence-corrected chi connectivity index (χ1v) is 10.2. The Labute approximate surface area is 191 Å². The molecule has 5 rings (SSSR count). The summed E-state index contributed by atoms with van der Waals surface area (Å²) < 4.78 is 6.09. The van der Waals surface area contributed by atoms with Crippen LogP contribution in [-0.4, -0.2) is 17.0 Å². The van der Waals surface area contributed by atoms with Gasteiger partial charge in [-0.3, -0.25) is 24.7 Å². The van der Waals surface area contributed by atoms with Crippen LogP contribution >= 0.6 is 11.6 Å². The lowest BCUT2D eigenvalue weighted by molar-refractivity contribution is -0.384. The molecule has 0 atom stereocenters. The minimum Gasteiger partial charge on any atom is -0.439 e. The second-order valence-electron chi connectivity index (χ2n) is 7.39. The molecule has 0 unspecified atom stereocenters. The fourth-order valence-corrected chi connectivity index (χ4v) is 3.93. The zero-order valence-electron chi connectivity index (χ0n) is 17.1. The van der Waals surface area contributed by atoms with E-state index in [2.05, 4.69) is 4.99 Å². The fourth-order valence-electron chi connectivity index (χ4n) is 3.77. The summed E-state index contributed by atoms with van der Waals surface area (Å²) in [4.78, 5) is 43.4. The summed E-state index contributed by atoms with van der Waals surface area (Å²) >= 11 is 6.21. The molecule has 3 aromatic carbocycles. The number of carbonyl (C=O) groups is 1. The molecule has 0 saturated heterocycles. The monoisotopic (exact) mass is 459 g/mol. The van der Waals surface area contributed by atoms with Gasteiger partial charge in [-0.05, 0) is 42.8 Å². The summed E-state index contributed by atoms with van der Waals surface area (Å²) in [5.41, 5.74) is 0.957. The number of nitro groups is 1. The number of fused-ring (bicyclic) bond motifs is 3. The molecule has 162 valence electrons. The average molecular weight is 460 g/mol. The van der Waals surface area contributed by atoms with Gasteiger partial charge < -0.3 is 4.42 Å². The lowest BCUT2D eigenvalue weighted by atomic mass is 10.1. The maximum Gasteiger partial charge on any atom is 0.271 e. The number of aliphatic imine (C=N–C) groups is 1. The molecule has 33 heavy (non-hydrogen) atoms. The lowest BCUT2D eigenvalue weighted by Gasteiger charge is -2.23. The number of nitrogens with zero attached hydrogens (tertiary/aromatic N) is 3. The van der Waals surface area contributed by atoms with Crippen LogP contribution in [0.25, 0.3) is 11.0 Å². The molecule has 1 amide bonds. The van der Waals surface area contributed by atoms with E-state index in [1.807, 2.05) is 0 Å². The molecule has 4 aromatic rings. The molecule has 2 heterocycles. The van der Waals surface area contributed by atoms with Gasteiger partial charge in [0.05, 0.1) is 21.7 Å². The van der Waals surface area contributed by atoms with Crippen molar-refractivity contribution in [2.75, 3.05) is 4.90 Å². The van der Waals surface area contributed by atoms with Crippen molar-refractivity contribution in [1.29, 1.82) is 0 Å². The van der Waals surface area contributed by atoms with Gasteiger partial charge in [0.15, 0.2) is 0 Å². The number of halogens is 1. The number of aryl methyl sites for hydroxylation is 1. The van der Waals surface area contributed by atoms with E-state index in [0.717, 1.165) is 0 Å². The summed E-state index contributed by atoms with van der Waals surface area (Å²) in [7, 11) is 0. The number of benzene rings is 3. The summed E-state index contributed by atoms with van der Waals surface area (Å²) in [5, 5.41) is 12.0. The van der Waals surface area contributed by atoms with Crippen LogP contribution in [0, 0.1) is 17.0 Å². The Balaban J connectivity index is 1.85. The topological polar surface area (TPSA) is 106 Å². The van der Waals surface area contributed by atoms with Gasteiger partial charge in [0.1, 0.15) is 11.1 Å². The zero-order valence-corrected chi connectivity index (χ0v) is 17.9. The van der Waals surface area contributed by atoms with Crippen LogP contribution in [0.5, 0.6) is 0 Å². The third-order valence-electron chi connectivity index (χ3n) is 5.44. The molecule has 1 aliphatic heterocycles. The highest BCUT2D eigenvalue weighted by Gasteiger charge is 2.31. The fraction of sp³-hybridized carbons (Fsp3) is 0.0417. The van der Waals surface area contributed by atoms with Gasteiger partial charge in [0.25, 0.3) is 11.6 Å². The summed E-state index contributed by atoms with van der Waals surface area (Å²) in [6.45, 7) is 1.70. The highest BCUT2D eigenvalue weighted by atomic mass is 35.5. The highest BCUT2D eigenvalue weighted by molar-refractivity contribution is 6.32. The molecule has 0 radical (unpaired) electrons. The maximum atomic E-state index is 13.6. The van der Waals surface area contributed by atoms with Crippen molar-refractivity contribution >= 4 is 57.6 Å². The molecule has 9 heteroatoms. The molecule has 0 fully saturated rings. The largest absolute Gasteiger partial charge is 0.439 e. The van der Waals surface area contributed by atoms with E-state index in [-0.39, 0.29) is 39.5 Å². The van der Waals surface area contributed by atoms with Crippen molar-refractivity contribution in [1.82, 2.24) is 0 Å². The van der Waals surface area contributed by atoms with E-state index in [0.29, 0.717) is 16.1 Å². The van der Waals surface area contributed by atoms with Crippen molar-refractivity contribution in [2.45, 2.75) is 6.92 Å². The predicted octanol–water partition coefficient (Wildman–Crippen LogP) is 5.71. The van der Waals surface area contributed by atoms with E-state index in [1.165, 1.54) is 29.3 Å². The number of non-ortho nitro benzene ring substituents is 1. The second kappa shape index (κ2) is 7.68. The second-order valence-corrected chi connectivity index (χ2v) is 7.80. The van der Waals surface area contributed by atoms with Crippen LogP contribution in [0.15, 0.2) is 74.9 Å². The number of rotatable bonds is 2. The maximum absolute atomic E-state index is 13.6. The van der Waals surface area contributed by atoms with Gasteiger partial charge in [-0.2, -0.15) is 0 Å². The number of anilines is 2. The molecule has 0 bridgehead atoms. The standard InChI is InChI=1S/C24H14ClN3O5/c1-13-17(25)8-10-20-21(13)22(29)16-12-26-18-11-15(28(31)32)7-9-19(18)27(24(16)33-20)23(30)14-5-3-2-4-6-14/h2-12H,1H3. The highest BCUT2D eigenvalue weighted by Crippen LogP contribution is 2.41. The number of hydrogen-bond acceptors (Lipinski definition) is 6. The molecular weight excluding hydrogens is 446 g/mol. The Bertz CT molecular complexity index is 1560. The Morgan fingerprint density at radius 2 is 1.88 bits per heavy atom. The van der Waals surface area contributed by atoms with E-state index < -0.39 is 16.3 Å². The molecule has 0 N–H and O–H groups in total. The Hall–Kier alpha value is -4.30. The first-order chi connectivity index (χ1) is 15.9. The summed E-state index contributed by atoms with van der Waals surface area (Å²) in [6.07, 6.45) is 1.27. The van der Waals surface area contributed by atoms with Gasteiger partial charge in [-0.15, -0.1) is 0 Å². The van der Waals surface area contributed by atoms with Crippen molar-refractivity contribution < 1.29 is 14.1 Å². The van der Waals surface area contributed by atoms with Gasteiger partial charge in [-0.1, -0.05) is 29.8 Å². The van der Waals surface area contributed by atoms with E-state index in [1.54, 1.807) is 49.4 Å². The molecular formula is C24H14ClN3O5. The molecule has 8 nitrogen and oxygen atoms in total. The molecule has 1 aromatic heterocycles. The average Bonchev–Trinajstić information content (AvgIpc) is 2.98. The zero-order chi connectivity index (χ0) is 23.3. The van der Waals surface area contributed by atoms with Crippen LogP contribution in [0.2, 0.25) is 5.02 Å². The quantitative estimate of drug-likeness (QED) is 0.282. The van der Waals surface area contributed by atoms with Crippen LogP contribution in [-0.2, 0) is 0 Å². The summed E-state index contributed by atoms with van der Waals surface area (Å²) in [6, 6.07) is 15.6. The van der Waals surface area contributed by atoms with Crippen LogP contribution < -0.4 is 10.3 Å². The van der Waals surface area contributed by atoms with E-state index in [4.69, 9.17) is 16.0 Å². The molecule has 0 saturated carbocycles.